The van der Waals surface area contributed by atoms with Gasteiger partial charge in [-0.05, 0) is 47.6 Å². The molecule has 0 aliphatic carbocycles. The van der Waals surface area contributed by atoms with E-state index in [1.54, 1.807) is 12.4 Å². The highest BCUT2D eigenvalue weighted by Crippen LogP contribution is 2.15. The summed E-state index contributed by atoms with van der Waals surface area (Å²) in [6.45, 7) is 15.9. The average Bonchev–Trinajstić information content (AvgIpc) is 2.51. The van der Waals surface area contributed by atoms with E-state index in [0.717, 1.165) is 18.0 Å². The van der Waals surface area contributed by atoms with Crippen LogP contribution in [0.4, 0.5) is 5.95 Å². The second-order valence-electron chi connectivity index (χ2n) is 6.99. The number of hydrogen-bond acceptors (Lipinski definition) is 5. The van der Waals surface area contributed by atoms with Crippen LogP contribution in [-0.2, 0) is 4.74 Å². The third-order valence-corrected chi connectivity index (χ3v) is 3.43. The van der Waals surface area contributed by atoms with E-state index in [4.69, 9.17) is 21.3 Å². The number of amidine groups is 1. The number of ether oxygens (including phenoxy) is 1. The summed E-state index contributed by atoms with van der Waals surface area (Å²) < 4.78 is 5.77. The van der Waals surface area contributed by atoms with Gasteiger partial charge in [0, 0.05) is 12.7 Å². The Balaban J connectivity index is 3.10. The summed E-state index contributed by atoms with van der Waals surface area (Å²) in [7, 11) is 1.87. The number of hydrogen-bond donors (Lipinski definition) is 1. The zero-order valence-corrected chi connectivity index (χ0v) is 17.6. The van der Waals surface area contributed by atoms with Gasteiger partial charge in [-0.25, -0.2) is 15.0 Å². The van der Waals surface area contributed by atoms with E-state index in [1.165, 1.54) is 0 Å². The number of anilines is 1. The van der Waals surface area contributed by atoms with Crippen molar-refractivity contribution < 1.29 is 4.74 Å². The Morgan fingerprint density at radius 1 is 1.42 bits per heavy atom. The zero-order valence-electron chi connectivity index (χ0n) is 16.8. The van der Waals surface area contributed by atoms with Crippen molar-refractivity contribution in [2.75, 3.05) is 11.9 Å². The minimum absolute atomic E-state index is 0.172. The van der Waals surface area contributed by atoms with Crippen LogP contribution in [-0.4, -0.2) is 34.5 Å². The minimum atomic E-state index is -0.329. The molecular formula is C19H30ClN5O. The molecule has 26 heavy (non-hydrogen) atoms. The van der Waals surface area contributed by atoms with Crippen molar-refractivity contribution in [3.8, 4) is 0 Å². The molecule has 1 aromatic heterocycles. The summed E-state index contributed by atoms with van der Waals surface area (Å²) in [4.78, 5) is 15.1. The van der Waals surface area contributed by atoms with E-state index in [0.29, 0.717) is 16.9 Å². The molecule has 1 N–H and O–H groups in total. The molecule has 1 atom stereocenters. The number of aromatic nitrogens is 2. The lowest BCUT2D eigenvalue weighted by Gasteiger charge is -2.29. The van der Waals surface area contributed by atoms with Gasteiger partial charge in [-0.1, -0.05) is 24.6 Å². The second kappa shape index (κ2) is 9.57. The molecule has 1 rings (SSSR count). The molecule has 0 aliphatic heterocycles. The fourth-order valence-corrected chi connectivity index (χ4v) is 2.37. The third-order valence-electron chi connectivity index (χ3n) is 3.23. The van der Waals surface area contributed by atoms with E-state index in [9.17, 15) is 0 Å². The van der Waals surface area contributed by atoms with Crippen LogP contribution in [0.15, 0.2) is 41.6 Å². The van der Waals surface area contributed by atoms with Gasteiger partial charge in [0.25, 0.3) is 0 Å². The second-order valence-corrected chi connectivity index (χ2v) is 7.42. The molecule has 0 radical (unpaired) electrons. The number of nitrogens with one attached hydrogen (secondary N) is 1. The lowest BCUT2D eigenvalue weighted by Crippen LogP contribution is -2.44. The Kier molecular flexibility index (Phi) is 8.08. The predicted octanol–water partition coefficient (Wildman–Crippen LogP) is 4.54. The first-order chi connectivity index (χ1) is 12.0. The van der Waals surface area contributed by atoms with Gasteiger partial charge >= 0.3 is 0 Å². The van der Waals surface area contributed by atoms with Crippen LogP contribution >= 0.6 is 11.6 Å². The molecule has 1 aromatic rings. The standard InChI is InChI=1S/C19H30ClN5O/c1-9-10-13(2)23-17(14(3)24-15(4)26-19(5,6)7)25(8)18-21-11-16(20)12-22-18/h10-12,14,24H,4,9H2,1-3,5-8H3/b13-10+,23-17?. The first-order valence-corrected chi connectivity index (χ1v) is 9.02. The number of halogens is 1. The summed E-state index contributed by atoms with van der Waals surface area (Å²) in [6.07, 6.45) is 6.09. The van der Waals surface area contributed by atoms with Crippen LogP contribution in [0.1, 0.15) is 48.0 Å². The molecule has 0 spiro atoms. The maximum Gasteiger partial charge on any atom is 0.230 e. The molecule has 144 valence electrons. The van der Waals surface area contributed by atoms with Gasteiger partial charge < -0.3 is 10.1 Å². The summed E-state index contributed by atoms with van der Waals surface area (Å²) >= 11 is 5.89. The topological polar surface area (TPSA) is 62.6 Å². The molecule has 7 heteroatoms. The lowest BCUT2D eigenvalue weighted by molar-refractivity contribution is 0.0407. The van der Waals surface area contributed by atoms with E-state index >= 15 is 0 Å². The van der Waals surface area contributed by atoms with Crippen LogP contribution in [0.3, 0.4) is 0 Å². The Morgan fingerprint density at radius 3 is 2.50 bits per heavy atom. The van der Waals surface area contributed by atoms with E-state index in [1.807, 2.05) is 46.6 Å². The molecule has 0 saturated carbocycles. The number of likely N-dealkylation sites (N-methyl/N-ethyl adjacent to an activating group) is 1. The molecule has 0 fully saturated rings. The number of rotatable bonds is 7. The van der Waals surface area contributed by atoms with E-state index in [2.05, 4.69) is 34.9 Å². The summed E-state index contributed by atoms with van der Waals surface area (Å²) in [5.41, 5.74) is 0.587. The van der Waals surface area contributed by atoms with Crippen molar-refractivity contribution in [3.05, 3.63) is 41.7 Å². The first kappa shape index (κ1) is 22.0. The largest absolute Gasteiger partial charge is 0.474 e. The van der Waals surface area contributed by atoms with Gasteiger partial charge in [0.05, 0.1) is 23.5 Å². The van der Waals surface area contributed by atoms with Gasteiger partial charge in [0.2, 0.25) is 5.95 Å². The number of allylic oxidation sites excluding steroid dienone is 2. The monoisotopic (exact) mass is 379 g/mol. The molecule has 0 amide bonds. The van der Waals surface area contributed by atoms with Gasteiger partial charge in [0.15, 0.2) is 5.88 Å². The average molecular weight is 380 g/mol. The smallest absolute Gasteiger partial charge is 0.230 e. The van der Waals surface area contributed by atoms with Gasteiger partial charge in [-0.3, -0.25) is 4.90 Å². The maximum atomic E-state index is 5.89. The molecule has 0 aromatic carbocycles. The quantitative estimate of drug-likeness (QED) is 0.428. The molecule has 0 aliphatic rings. The summed E-state index contributed by atoms with van der Waals surface area (Å²) in [6, 6.07) is -0.172. The van der Waals surface area contributed by atoms with Crippen molar-refractivity contribution in [1.29, 1.82) is 0 Å². The predicted molar refractivity (Wildman–Crippen MR) is 110 cm³/mol. The van der Waals surface area contributed by atoms with Gasteiger partial charge in [0.1, 0.15) is 11.4 Å². The van der Waals surface area contributed by atoms with Crippen LogP contribution < -0.4 is 10.2 Å². The highest BCUT2D eigenvalue weighted by atomic mass is 35.5. The van der Waals surface area contributed by atoms with Crippen molar-refractivity contribution >= 4 is 23.4 Å². The summed E-state index contributed by atoms with van der Waals surface area (Å²) in [5, 5.41) is 3.73. The molecule has 1 unspecified atom stereocenters. The fourth-order valence-electron chi connectivity index (χ4n) is 2.27. The highest BCUT2D eigenvalue weighted by molar-refractivity contribution is 6.30. The van der Waals surface area contributed by atoms with Crippen molar-refractivity contribution in [3.63, 3.8) is 0 Å². The summed E-state index contributed by atoms with van der Waals surface area (Å²) in [5.74, 6) is 1.74. The number of nitrogens with zero attached hydrogens (tertiary/aromatic N) is 4. The third kappa shape index (κ3) is 7.44. The fraction of sp³-hybridized carbons (Fsp3) is 0.526. The lowest BCUT2D eigenvalue weighted by atomic mass is 10.2. The Hall–Kier alpha value is -2.08. The highest BCUT2D eigenvalue weighted by Gasteiger charge is 2.21. The normalized spacial score (nSPS) is 14.0. The molecule has 0 saturated heterocycles. The first-order valence-electron chi connectivity index (χ1n) is 8.64. The zero-order chi connectivity index (χ0) is 19.9. The SMILES string of the molecule is C=C(NC(C)C(=N/C(C)=C/CC)N(C)c1ncc(Cl)cn1)OC(C)(C)C. The van der Waals surface area contributed by atoms with Crippen molar-refractivity contribution in [2.45, 2.75) is 59.6 Å². The Morgan fingerprint density at radius 2 is 2.00 bits per heavy atom. The maximum absolute atomic E-state index is 5.89. The van der Waals surface area contributed by atoms with Crippen LogP contribution in [0, 0.1) is 0 Å². The minimum Gasteiger partial charge on any atom is -0.474 e. The van der Waals surface area contributed by atoms with Crippen LogP contribution in [0.5, 0.6) is 0 Å². The van der Waals surface area contributed by atoms with Crippen LogP contribution in [0.2, 0.25) is 5.02 Å². The van der Waals surface area contributed by atoms with Gasteiger partial charge in [-0.2, -0.15) is 0 Å². The molecule has 6 nitrogen and oxygen atoms in total. The van der Waals surface area contributed by atoms with E-state index in [-0.39, 0.29) is 11.6 Å². The van der Waals surface area contributed by atoms with E-state index < -0.39 is 0 Å². The molecular weight excluding hydrogens is 350 g/mol. The van der Waals surface area contributed by atoms with Crippen LogP contribution in [0.25, 0.3) is 0 Å². The Bertz CT molecular complexity index is 662. The molecule has 0 bridgehead atoms. The molecule has 1 heterocycles. The Labute approximate surface area is 162 Å². The number of aliphatic imine (C=N–C) groups is 1. The van der Waals surface area contributed by atoms with Crippen molar-refractivity contribution in [1.82, 2.24) is 15.3 Å². The van der Waals surface area contributed by atoms with Crippen molar-refractivity contribution in [2.24, 2.45) is 4.99 Å². The van der Waals surface area contributed by atoms with Gasteiger partial charge in [-0.15, -0.1) is 0 Å².